The number of Topliss-reactive ketones (excluding diaryl/α,β-unsaturated/α-hetero) is 1. The van der Waals surface area contributed by atoms with Crippen molar-refractivity contribution in [1.29, 1.82) is 0 Å². The van der Waals surface area contributed by atoms with Gasteiger partial charge >= 0.3 is 12.1 Å². The van der Waals surface area contributed by atoms with Gasteiger partial charge in [-0.05, 0) is 25.6 Å². The van der Waals surface area contributed by atoms with Crippen LogP contribution in [-0.4, -0.2) is 41.9 Å². The van der Waals surface area contributed by atoms with Crippen molar-refractivity contribution >= 4 is 11.8 Å². The van der Waals surface area contributed by atoms with Crippen LogP contribution in [0.4, 0.5) is 13.2 Å². The summed E-state index contributed by atoms with van der Waals surface area (Å²) in [4.78, 5) is 26.2. The highest BCUT2D eigenvalue weighted by Crippen LogP contribution is 2.44. The molecule has 0 radical (unpaired) electrons. The molecule has 26 heavy (non-hydrogen) atoms. The third-order valence-electron chi connectivity index (χ3n) is 4.59. The minimum Gasteiger partial charge on any atom is -0.478 e. The van der Waals surface area contributed by atoms with Gasteiger partial charge in [0.15, 0.2) is 5.78 Å². The van der Waals surface area contributed by atoms with Gasteiger partial charge in [-0.25, -0.2) is 4.79 Å². The summed E-state index contributed by atoms with van der Waals surface area (Å²) in [5.74, 6) is -2.99. The number of nitrogens with one attached hydrogen (secondary N) is 1. The largest absolute Gasteiger partial charge is 0.478 e. The lowest BCUT2D eigenvalue weighted by Crippen LogP contribution is -2.44. The molecule has 2 N–H and O–H groups in total. The summed E-state index contributed by atoms with van der Waals surface area (Å²) >= 11 is 0. The first-order valence-corrected chi connectivity index (χ1v) is 7.93. The molecule has 2 aliphatic heterocycles. The van der Waals surface area contributed by atoms with E-state index in [0.717, 1.165) is 6.07 Å². The van der Waals surface area contributed by atoms with Crippen LogP contribution in [0.5, 0.6) is 0 Å². The number of likely N-dealkylation sites (N-methyl/N-ethyl adjacent to an activating group) is 1. The van der Waals surface area contributed by atoms with Crippen LogP contribution in [0.2, 0.25) is 0 Å². The SMILES string of the molecule is CC1=C(C(=O)O)C(c2ccccc2C(F)(F)F)C2=C(CN(C)CC2=O)N1. The molecule has 138 valence electrons. The van der Waals surface area contributed by atoms with Crippen molar-refractivity contribution in [3.8, 4) is 0 Å². The molecule has 1 aromatic rings. The van der Waals surface area contributed by atoms with E-state index < -0.39 is 23.6 Å². The standard InChI is InChI=1S/C18H17F3N2O3/c1-9-14(17(25)26)15(10-5-3-4-6-11(10)18(19,20)21)16-12(22-9)7-23(2)8-13(16)24/h3-6,15,22H,7-8H2,1-2H3,(H,25,26). The zero-order valence-corrected chi connectivity index (χ0v) is 14.1. The van der Waals surface area contributed by atoms with E-state index in [0.29, 0.717) is 12.2 Å². The number of aliphatic carboxylic acids is 1. The van der Waals surface area contributed by atoms with Crippen LogP contribution in [0.1, 0.15) is 24.0 Å². The van der Waals surface area contributed by atoms with E-state index in [2.05, 4.69) is 5.32 Å². The van der Waals surface area contributed by atoms with E-state index in [9.17, 15) is 27.9 Å². The fourth-order valence-corrected chi connectivity index (χ4v) is 3.61. The van der Waals surface area contributed by atoms with E-state index in [1.807, 2.05) is 0 Å². The highest BCUT2D eigenvalue weighted by molar-refractivity contribution is 6.04. The number of nitrogens with zero attached hydrogens (tertiary/aromatic N) is 1. The molecule has 2 aliphatic rings. The molecule has 8 heteroatoms. The number of carboxylic acids is 1. The van der Waals surface area contributed by atoms with Crippen LogP contribution in [0.3, 0.4) is 0 Å². The Morgan fingerprint density at radius 3 is 2.54 bits per heavy atom. The molecule has 5 nitrogen and oxygen atoms in total. The molecule has 0 saturated heterocycles. The molecule has 0 bridgehead atoms. The number of benzene rings is 1. The number of dihydropyridines is 1. The van der Waals surface area contributed by atoms with Crippen LogP contribution in [0.15, 0.2) is 46.8 Å². The van der Waals surface area contributed by atoms with Gasteiger partial charge in [0, 0.05) is 29.4 Å². The van der Waals surface area contributed by atoms with Crippen LogP contribution in [-0.2, 0) is 15.8 Å². The lowest BCUT2D eigenvalue weighted by molar-refractivity contribution is -0.139. The van der Waals surface area contributed by atoms with E-state index in [-0.39, 0.29) is 34.7 Å². The quantitative estimate of drug-likeness (QED) is 0.842. The number of hydrogen-bond donors (Lipinski definition) is 2. The summed E-state index contributed by atoms with van der Waals surface area (Å²) in [7, 11) is 1.72. The molecule has 0 amide bonds. The first kappa shape index (κ1) is 18.2. The molecular weight excluding hydrogens is 349 g/mol. The molecule has 0 fully saturated rings. The maximum absolute atomic E-state index is 13.5. The Morgan fingerprint density at radius 2 is 1.92 bits per heavy atom. The average Bonchev–Trinajstić information content (AvgIpc) is 2.52. The first-order chi connectivity index (χ1) is 12.1. The number of ketones is 1. The number of rotatable bonds is 2. The minimum absolute atomic E-state index is 0.0249. The first-order valence-electron chi connectivity index (χ1n) is 7.93. The van der Waals surface area contributed by atoms with Gasteiger partial charge < -0.3 is 10.4 Å². The molecule has 0 aromatic heterocycles. The van der Waals surface area contributed by atoms with Crippen molar-refractivity contribution in [3.05, 3.63) is 57.9 Å². The summed E-state index contributed by atoms with van der Waals surface area (Å²) in [6.07, 6.45) is -4.66. The van der Waals surface area contributed by atoms with E-state index >= 15 is 0 Å². The van der Waals surface area contributed by atoms with Crippen LogP contribution in [0.25, 0.3) is 0 Å². The fraction of sp³-hybridized carbons (Fsp3) is 0.333. The van der Waals surface area contributed by atoms with Gasteiger partial charge in [0.2, 0.25) is 0 Å². The van der Waals surface area contributed by atoms with Crippen molar-refractivity contribution < 1.29 is 27.9 Å². The average molecular weight is 366 g/mol. The van der Waals surface area contributed by atoms with Gasteiger partial charge in [0.05, 0.1) is 17.7 Å². The third-order valence-corrected chi connectivity index (χ3v) is 4.59. The highest BCUT2D eigenvalue weighted by Gasteiger charge is 2.43. The molecular formula is C18H17F3N2O3. The second kappa shape index (κ2) is 6.28. The second-order valence-electron chi connectivity index (χ2n) is 6.47. The van der Waals surface area contributed by atoms with E-state index in [1.165, 1.54) is 25.1 Å². The lowest BCUT2D eigenvalue weighted by atomic mass is 9.76. The highest BCUT2D eigenvalue weighted by atomic mass is 19.4. The summed E-state index contributed by atoms with van der Waals surface area (Å²) in [6.45, 7) is 1.85. The Balaban J connectivity index is 2.29. The number of carboxylic acid groups (broad SMARTS) is 1. The third kappa shape index (κ3) is 3.01. The molecule has 2 heterocycles. The fourth-order valence-electron chi connectivity index (χ4n) is 3.61. The Hall–Kier alpha value is -2.61. The molecule has 3 rings (SSSR count). The summed E-state index contributed by atoms with van der Waals surface area (Å²) in [6, 6.07) is 4.81. The smallest absolute Gasteiger partial charge is 0.416 e. The van der Waals surface area contributed by atoms with Crippen molar-refractivity contribution in [3.63, 3.8) is 0 Å². The number of allylic oxidation sites excluding steroid dienone is 1. The number of halogens is 3. The number of carbonyl (C=O) groups excluding carboxylic acids is 1. The van der Waals surface area contributed by atoms with Gasteiger partial charge in [-0.3, -0.25) is 9.69 Å². The van der Waals surface area contributed by atoms with E-state index in [1.54, 1.807) is 11.9 Å². The zero-order chi connectivity index (χ0) is 19.2. The van der Waals surface area contributed by atoms with Gasteiger partial charge in [-0.15, -0.1) is 0 Å². The molecule has 0 saturated carbocycles. The van der Waals surface area contributed by atoms with Crippen LogP contribution < -0.4 is 5.32 Å². The normalized spacial score (nSPS) is 21.6. The van der Waals surface area contributed by atoms with Gasteiger partial charge in [0.1, 0.15) is 0 Å². The van der Waals surface area contributed by atoms with Crippen LogP contribution >= 0.6 is 0 Å². The van der Waals surface area contributed by atoms with Crippen LogP contribution in [0, 0.1) is 0 Å². The summed E-state index contributed by atoms with van der Waals surface area (Å²) in [5, 5.41) is 12.5. The summed E-state index contributed by atoms with van der Waals surface area (Å²) < 4.78 is 40.6. The molecule has 1 atom stereocenters. The molecule has 0 aliphatic carbocycles. The lowest BCUT2D eigenvalue weighted by Gasteiger charge is -2.37. The van der Waals surface area contributed by atoms with Crippen molar-refractivity contribution in [2.45, 2.75) is 19.0 Å². The Bertz CT molecular complexity index is 855. The Morgan fingerprint density at radius 1 is 1.27 bits per heavy atom. The molecule has 1 aromatic carbocycles. The Labute approximate surface area is 147 Å². The van der Waals surface area contributed by atoms with Gasteiger partial charge in [-0.1, -0.05) is 18.2 Å². The van der Waals surface area contributed by atoms with Gasteiger partial charge in [0.25, 0.3) is 0 Å². The zero-order valence-electron chi connectivity index (χ0n) is 14.1. The van der Waals surface area contributed by atoms with Gasteiger partial charge in [-0.2, -0.15) is 13.2 Å². The monoisotopic (exact) mass is 366 g/mol. The number of carbonyl (C=O) groups is 2. The maximum Gasteiger partial charge on any atom is 0.416 e. The predicted molar refractivity (Wildman–Crippen MR) is 87.2 cm³/mol. The summed E-state index contributed by atoms with van der Waals surface area (Å²) in [5.41, 5.74) is -0.601. The minimum atomic E-state index is -4.66. The topological polar surface area (TPSA) is 69.6 Å². The number of alkyl halides is 3. The van der Waals surface area contributed by atoms with E-state index in [4.69, 9.17) is 0 Å². The molecule has 0 spiro atoms. The number of hydrogen-bond acceptors (Lipinski definition) is 4. The van der Waals surface area contributed by atoms with Crippen molar-refractivity contribution in [2.24, 2.45) is 0 Å². The van der Waals surface area contributed by atoms with Crippen molar-refractivity contribution in [2.75, 3.05) is 20.1 Å². The molecule has 1 unspecified atom stereocenters. The van der Waals surface area contributed by atoms with Crippen molar-refractivity contribution in [1.82, 2.24) is 10.2 Å². The Kier molecular flexibility index (Phi) is 4.39. The predicted octanol–water partition coefficient (Wildman–Crippen LogP) is 2.52. The second-order valence-corrected chi connectivity index (χ2v) is 6.47. The maximum atomic E-state index is 13.5.